The molecule has 1 N–H and O–H groups in total. The van der Waals surface area contributed by atoms with Gasteiger partial charge in [0.05, 0.1) is 11.9 Å². The summed E-state index contributed by atoms with van der Waals surface area (Å²) >= 11 is 0. The van der Waals surface area contributed by atoms with E-state index in [1.807, 2.05) is 37.4 Å². The molecule has 0 unspecified atom stereocenters. The van der Waals surface area contributed by atoms with Crippen LogP contribution in [0.3, 0.4) is 0 Å². The number of carbonyl (C=O) groups is 2. The standard InChI is InChI=1S/C32H40N6O3/c1-24-11-14-37(15-12-24)23-26-4-6-27(7-5-26)31(39)35-29-9-10-30(34-22-29)41-32(40)38-19-17-36(18-20-38)16-13-28-8-3-25(2)21-33-28/h3-10,21-22,24H,11-20,23H2,1-2H3,(H,35,39). The van der Waals surface area contributed by atoms with Gasteiger partial charge in [0.2, 0.25) is 5.88 Å². The molecule has 2 saturated heterocycles. The van der Waals surface area contributed by atoms with Crippen molar-refractivity contribution in [3.8, 4) is 5.88 Å². The van der Waals surface area contributed by atoms with E-state index in [0.29, 0.717) is 24.3 Å². The molecule has 0 bridgehead atoms. The summed E-state index contributed by atoms with van der Waals surface area (Å²) in [5.41, 5.74) is 4.58. The maximum atomic E-state index is 12.7. The summed E-state index contributed by atoms with van der Waals surface area (Å²) in [5.74, 6) is 0.815. The van der Waals surface area contributed by atoms with Crippen molar-refractivity contribution in [3.05, 3.63) is 83.3 Å². The van der Waals surface area contributed by atoms with E-state index < -0.39 is 6.09 Å². The minimum atomic E-state index is -0.409. The van der Waals surface area contributed by atoms with Gasteiger partial charge in [0.1, 0.15) is 0 Å². The fourth-order valence-electron chi connectivity index (χ4n) is 5.18. The predicted molar refractivity (Wildman–Crippen MR) is 159 cm³/mol. The van der Waals surface area contributed by atoms with Crippen molar-refractivity contribution in [1.82, 2.24) is 24.7 Å². The number of hydrogen-bond acceptors (Lipinski definition) is 7. The highest BCUT2D eigenvalue weighted by Gasteiger charge is 2.23. The molecular formula is C32H40N6O3. The molecule has 2 aromatic heterocycles. The number of likely N-dealkylation sites (tertiary alicyclic amines) is 1. The number of ether oxygens (including phenoxy) is 1. The lowest BCUT2D eigenvalue weighted by molar-refractivity contribution is 0.102. The molecule has 5 rings (SSSR count). The molecule has 216 valence electrons. The van der Waals surface area contributed by atoms with Crippen molar-refractivity contribution < 1.29 is 14.3 Å². The molecule has 0 spiro atoms. The molecule has 0 aliphatic carbocycles. The lowest BCUT2D eigenvalue weighted by atomic mass is 9.99. The van der Waals surface area contributed by atoms with Gasteiger partial charge < -0.3 is 15.0 Å². The van der Waals surface area contributed by atoms with Crippen LogP contribution in [0.15, 0.2) is 60.9 Å². The summed E-state index contributed by atoms with van der Waals surface area (Å²) in [6, 6.07) is 15.2. The number of aromatic nitrogens is 2. The molecular weight excluding hydrogens is 516 g/mol. The number of rotatable bonds is 8. The van der Waals surface area contributed by atoms with Gasteiger partial charge >= 0.3 is 6.09 Å². The first-order valence-corrected chi connectivity index (χ1v) is 14.6. The van der Waals surface area contributed by atoms with Crippen LogP contribution in [0.2, 0.25) is 0 Å². The van der Waals surface area contributed by atoms with Crippen LogP contribution in [-0.4, -0.2) is 82.5 Å². The van der Waals surface area contributed by atoms with E-state index in [2.05, 4.69) is 44.1 Å². The van der Waals surface area contributed by atoms with Crippen LogP contribution < -0.4 is 10.1 Å². The third kappa shape index (κ3) is 8.34. The zero-order chi connectivity index (χ0) is 28.6. The molecule has 0 radical (unpaired) electrons. The number of nitrogens with one attached hydrogen (secondary N) is 1. The molecule has 2 fully saturated rings. The number of benzene rings is 1. The molecule has 1 aromatic carbocycles. The SMILES string of the molecule is Cc1ccc(CCN2CCN(C(=O)Oc3ccc(NC(=O)c4ccc(CN5CCC(C)CC5)cc4)cn3)CC2)nc1. The Kier molecular flexibility index (Phi) is 9.59. The van der Waals surface area contributed by atoms with Gasteiger partial charge in [-0.1, -0.05) is 25.1 Å². The van der Waals surface area contributed by atoms with Crippen molar-refractivity contribution >= 4 is 17.7 Å². The molecule has 41 heavy (non-hydrogen) atoms. The van der Waals surface area contributed by atoms with Gasteiger partial charge in [-0.3, -0.25) is 19.6 Å². The van der Waals surface area contributed by atoms with Crippen molar-refractivity contribution in [3.63, 3.8) is 0 Å². The van der Waals surface area contributed by atoms with Crippen LogP contribution >= 0.6 is 0 Å². The van der Waals surface area contributed by atoms with Crippen molar-refractivity contribution in [2.45, 2.75) is 39.7 Å². The number of hydrogen-bond donors (Lipinski definition) is 1. The Balaban J connectivity index is 1.03. The highest BCUT2D eigenvalue weighted by Crippen LogP contribution is 2.19. The average Bonchev–Trinajstić information content (AvgIpc) is 2.99. The quantitative estimate of drug-likeness (QED) is 0.433. The third-order valence-electron chi connectivity index (χ3n) is 7.97. The topological polar surface area (TPSA) is 90.9 Å². The highest BCUT2D eigenvalue weighted by molar-refractivity contribution is 6.04. The third-order valence-corrected chi connectivity index (χ3v) is 7.97. The van der Waals surface area contributed by atoms with Gasteiger partial charge in [0, 0.05) is 69.2 Å². The number of nitrogens with zero attached hydrogens (tertiary/aromatic N) is 5. The van der Waals surface area contributed by atoms with Gasteiger partial charge in [0.25, 0.3) is 5.91 Å². The molecule has 2 aliphatic rings. The van der Waals surface area contributed by atoms with Crippen molar-refractivity contribution in [1.29, 1.82) is 0 Å². The summed E-state index contributed by atoms with van der Waals surface area (Å²) in [6.07, 6.45) is 6.37. The second kappa shape index (κ2) is 13.7. The van der Waals surface area contributed by atoms with Crippen molar-refractivity contribution in [2.24, 2.45) is 5.92 Å². The lowest BCUT2D eigenvalue weighted by Gasteiger charge is -2.33. The maximum absolute atomic E-state index is 12.7. The Bertz CT molecular complexity index is 1280. The minimum Gasteiger partial charge on any atom is -0.391 e. The average molecular weight is 557 g/mol. The first-order valence-electron chi connectivity index (χ1n) is 14.6. The second-order valence-electron chi connectivity index (χ2n) is 11.3. The van der Waals surface area contributed by atoms with E-state index in [4.69, 9.17) is 4.74 Å². The molecule has 0 atom stereocenters. The monoisotopic (exact) mass is 556 g/mol. The zero-order valence-corrected chi connectivity index (χ0v) is 24.1. The van der Waals surface area contributed by atoms with Crippen LogP contribution in [0, 0.1) is 12.8 Å². The lowest BCUT2D eigenvalue weighted by Crippen LogP contribution is -2.50. The largest absolute Gasteiger partial charge is 0.416 e. The Morgan fingerprint density at radius 3 is 2.29 bits per heavy atom. The van der Waals surface area contributed by atoms with Crippen molar-refractivity contribution in [2.75, 3.05) is 51.1 Å². The van der Waals surface area contributed by atoms with E-state index in [-0.39, 0.29) is 11.8 Å². The summed E-state index contributed by atoms with van der Waals surface area (Å²) < 4.78 is 5.49. The number of piperazine rings is 1. The molecule has 3 aromatic rings. The number of amides is 2. The smallest absolute Gasteiger partial charge is 0.391 e. The first kappa shape index (κ1) is 28.7. The Labute approximate surface area is 242 Å². The number of aryl methyl sites for hydroxylation is 1. The van der Waals surface area contributed by atoms with E-state index in [0.717, 1.165) is 62.9 Å². The molecule has 2 aliphatic heterocycles. The fourth-order valence-corrected chi connectivity index (χ4v) is 5.18. The van der Waals surface area contributed by atoms with Gasteiger partial charge in [-0.15, -0.1) is 0 Å². The number of piperidine rings is 1. The van der Waals surface area contributed by atoms with Gasteiger partial charge in [-0.2, -0.15) is 0 Å². The van der Waals surface area contributed by atoms with Crippen LogP contribution in [0.5, 0.6) is 5.88 Å². The summed E-state index contributed by atoms with van der Waals surface area (Å²) in [7, 11) is 0. The van der Waals surface area contributed by atoms with Gasteiger partial charge in [-0.05, 0) is 74.2 Å². The second-order valence-corrected chi connectivity index (χ2v) is 11.3. The van der Waals surface area contributed by atoms with E-state index in [1.165, 1.54) is 24.6 Å². The Hall–Kier alpha value is -3.82. The number of pyridine rings is 2. The van der Waals surface area contributed by atoms with Crippen LogP contribution in [0.25, 0.3) is 0 Å². The van der Waals surface area contributed by atoms with E-state index in [9.17, 15) is 9.59 Å². The first-order chi connectivity index (χ1) is 19.9. The molecule has 9 heteroatoms. The minimum absolute atomic E-state index is 0.203. The van der Waals surface area contributed by atoms with Crippen LogP contribution in [0.4, 0.5) is 10.5 Å². The summed E-state index contributed by atoms with van der Waals surface area (Å²) in [6.45, 7) is 11.2. The van der Waals surface area contributed by atoms with Gasteiger partial charge in [0.15, 0.2) is 0 Å². The molecule has 4 heterocycles. The molecule has 0 saturated carbocycles. The maximum Gasteiger partial charge on any atom is 0.416 e. The summed E-state index contributed by atoms with van der Waals surface area (Å²) in [4.78, 5) is 40.6. The van der Waals surface area contributed by atoms with E-state index in [1.54, 1.807) is 17.0 Å². The summed E-state index contributed by atoms with van der Waals surface area (Å²) in [5, 5.41) is 2.87. The normalized spacial score (nSPS) is 16.9. The fraction of sp³-hybridized carbons (Fsp3) is 0.438. The molecule has 9 nitrogen and oxygen atoms in total. The predicted octanol–water partition coefficient (Wildman–Crippen LogP) is 4.63. The number of carbonyl (C=O) groups excluding carboxylic acids is 2. The number of anilines is 1. The Morgan fingerprint density at radius 2 is 1.63 bits per heavy atom. The van der Waals surface area contributed by atoms with E-state index >= 15 is 0 Å². The highest BCUT2D eigenvalue weighted by atomic mass is 16.6. The van der Waals surface area contributed by atoms with Crippen LogP contribution in [-0.2, 0) is 13.0 Å². The zero-order valence-electron chi connectivity index (χ0n) is 24.1. The van der Waals surface area contributed by atoms with Crippen LogP contribution in [0.1, 0.15) is 46.9 Å². The molecule has 2 amide bonds. The Morgan fingerprint density at radius 1 is 0.878 bits per heavy atom. The van der Waals surface area contributed by atoms with Gasteiger partial charge in [-0.25, -0.2) is 9.78 Å².